The van der Waals surface area contributed by atoms with Gasteiger partial charge < -0.3 is 19.6 Å². The summed E-state index contributed by atoms with van der Waals surface area (Å²) in [5.41, 5.74) is 5.76. The SMILES string of the molecule is C[C@@H]1CCCN(C(=O)c2ccc(Cn3ccccc3=O)o2)[C@@H]1CN. The van der Waals surface area contributed by atoms with Gasteiger partial charge >= 0.3 is 0 Å². The quantitative estimate of drug-likeness (QED) is 0.925. The van der Waals surface area contributed by atoms with Gasteiger partial charge in [0.25, 0.3) is 11.5 Å². The number of piperidine rings is 1. The molecular weight excluding hydrogens is 306 g/mol. The lowest BCUT2D eigenvalue weighted by Crippen LogP contribution is -2.51. The zero-order chi connectivity index (χ0) is 17.1. The van der Waals surface area contributed by atoms with Crippen LogP contribution in [0.2, 0.25) is 0 Å². The lowest BCUT2D eigenvalue weighted by Gasteiger charge is -2.38. The smallest absolute Gasteiger partial charge is 0.289 e. The van der Waals surface area contributed by atoms with Crippen molar-refractivity contribution in [1.29, 1.82) is 0 Å². The molecule has 0 saturated carbocycles. The summed E-state index contributed by atoms with van der Waals surface area (Å²) >= 11 is 0. The normalized spacial score (nSPS) is 21.0. The molecule has 2 N–H and O–H groups in total. The molecule has 0 radical (unpaired) electrons. The molecule has 1 fully saturated rings. The van der Waals surface area contributed by atoms with Gasteiger partial charge in [-0.3, -0.25) is 9.59 Å². The van der Waals surface area contributed by atoms with Gasteiger partial charge in [0.05, 0.1) is 6.54 Å². The van der Waals surface area contributed by atoms with Gasteiger partial charge in [-0.1, -0.05) is 13.0 Å². The van der Waals surface area contributed by atoms with E-state index in [1.54, 1.807) is 35.0 Å². The maximum Gasteiger partial charge on any atom is 0.289 e. The number of pyridine rings is 1. The van der Waals surface area contributed by atoms with Crippen molar-refractivity contribution in [3.8, 4) is 0 Å². The Kier molecular flexibility index (Phi) is 4.85. The first kappa shape index (κ1) is 16.5. The Labute approximate surface area is 140 Å². The van der Waals surface area contributed by atoms with Gasteiger partial charge in [-0.15, -0.1) is 0 Å². The molecule has 6 heteroatoms. The van der Waals surface area contributed by atoms with Crippen LogP contribution in [0.25, 0.3) is 0 Å². The second kappa shape index (κ2) is 7.05. The first-order chi connectivity index (χ1) is 11.6. The van der Waals surface area contributed by atoms with Crippen molar-refractivity contribution in [3.63, 3.8) is 0 Å². The third-order valence-electron chi connectivity index (χ3n) is 4.72. The maximum absolute atomic E-state index is 12.8. The molecule has 2 atom stereocenters. The molecule has 24 heavy (non-hydrogen) atoms. The van der Waals surface area contributed by atoms with Crippen molar-refractivity contribution in [2.75, 3.05) is 13.1 Å². The number of furan rings is 1. The summed E-state index contributed by atoms with van der Waals surface area (Å²) in [6, 6.07) is 8.46. The molecule has 0 bridgehead atoms. The number of hydrogen-bond acceptors (Lipinski definition) is 4. The molecule has 2 aromatic heterocycles. The van der Waals surface area contributed by atoms with Gasteiger partial charge in [0.15, 0.2) is 5.76 Å². The number of hydrogen-bond donors (Lipinski definition) is 1. The molecule has 128 valence electrons. The van der Waals surface area contributed by atoms with Crippen LogP contribution in [0.15, 0.2) is 45.7 Å². The van der Waals surface area contributed by atoms with Gasteiger partial charge in [-0.05, 0) is 37.0 Å². The molecule has 1 aliphatic rings. The minimum absolute atomic E-state index is 0.0524. The van der Waals surface area contributed by atoms with E-state index in [-0.39, 0.29) is 17.5 Å². The second-order valence-corrected chi connectivity index (χ2v) is 6.35. The number of aromatic nitrogens is 1. The molecule has 1 saturated heterocycles. The highest BCUT2D eigenvalue weighted by Crippen LogP contribution is 2.25. The minimum Gasteiger partial charge on any atom is -0.454 e. The lowest BCUT2D eigenvalue weighted by atomic mass is 9.90. The van der Waals surface area contributed by atoms with E-state index in [0.29, 0.717) is 37.1 Å². The summed E-state index contributed by atoms with van der Waals surface area (Å²) in [6.07, 6.45) is 3.77. The average Bonchev–Trinajstić information content (AvgIpc) is 3.04. The summed E-state index contributed by atoms with van der Waals surface area (Å²) in [4.78, 5) is 26.3. The fourth-order valence-corrected chi connectivity index (χ4v) is 3.34. The summed E-state index contributed by atoms with van der Waals surface area (Å²) in [7, 11) is 0. The van der Waals surface area contributed by atoms with Crippen LogP contribution < -0.4 is 11.3 Å². The molecule has 2 aromatic rings. The number of carbonyl (C=O) groups excluding carboxylic acids is 1. The van der Waals surface area contributed by atoms with E-state index >= 15 is 0 Å². The maximum atomic E-state index is 12.8. The molecule has 1 amide bonds. The molecule has 6 nitrogen and oxygen atoms in total. The van der Waals surface area contributed by atoms with E-state index in [9.17, 15) is 9.59 Å². The van der Waals surface area contributed by atoms with Crippen molar-refractivity contribution in [2.45, 2.75) is 32.4 Å². The number of rotatable bonds is 4. The molecule has 3 rings (SSSR count). The van der Waals surface area contributed by atoms with Gasteiger partial charge in [0.2, 0.25) is 0 Å². The Morgan fingerprint density at radius 1 is 1.33 bits per heavy atom. The number of likely N-dealkylation sites (tertiary alicyclic amines) is 1. The highest BCUT2D eigenvalue weighted by Gasteiger charge is 2.32. The Balaban J connectivity index is 1.76. The zero-order valence-corrected chi connectivity index (χ0v) is 13.9. The number of nitrogens with zero attached hydrogens (tertiary/aromatic N) is 2. The average molecular weight is 329 g/mol. The fourth-order valence-electron chi connectivity index (χ4n) is 3.34. The number of amides is 1. The third kappa shape index (κ3) is 3.28. The first-order valence-corrected chi connectivity index (χ1v) is 8.35. The summed E-state index contributed by atoms with van der Waals surface area (Å²) < 4.78 is 7.23. The minimum atomic E-state index is -0.122. The van der Waals surface area contributed by atoms with Crippen molar-refractivity contribution in [2.24, 2.45) is 11.7 Å². The van der Waals surface area contributed by atoms with Crippen LogP contribution in [0.5, 0.6) is 0 Å². The van der Waals surface area contributed by atoms with Gasteiger partial charge in [-0.25, -0.2) is 0 Å². The van der Waals surface area contributed by atoms with Crippen LogP contribution in [-0.2, 0) is 6.54 Å². The van der Waals surface area contributed by atoms with Crippen molar-refractivity contribution < 1.29 is 9.21 Å². The van der Waals surface area contributed by atoms with Crippen LogP contribution in [0.1, 0.15) is 36.1 Å². The standard InChI is InChI=1S/C18H23N3O3/c1-13-5-4-10-21(15(13)11-19)18(23)16-8-7-14(24-16)12-20-9-3-2-6-17(20)22/h2-3,6-9,13,15H,4-5,10-12,19H2,1H3/t13-,15-/m1/s1. The first-order valence-electron chi connectivity index (χ1n) is 8.35. The van der Waals surface area contributed by atoms with Crippen LogP contribution in [-0.4, -0.2) is 34.5 Å². The Morgan fingerprint density at radius 3 is 2.92 bits per heavy atom. The highest BCUT2D eigenvalue weighted by molar-refractivity contribution is 5.91. The monoisotopic (exact) mass is 329 g/mol. The van der Waals surface area contributed by atoms with Crippen LogP contribution in [0.3, 0.4) is 0 Å². The molecule has 0 aromatic carbocycles. The molecule has 0 unspecified atom stereocenters. The lowest BCUT2D eigenvalue weighted by molar-refractivity contribution is 0.0499. The van der Waals surface area contributed by atoms with E-state index in [1.807, 2.05) is 4.90 Å². The highest BCUT2D eigenvalue weighted by atomic mass is 16.4. The van der Waals surface area contributed by atoms with Gasteiger partial charge in [-0.2, -0.15) is 0 Å². The molecule has 0 aliphatic carbocycles. The summed E-state index contributed by atoms with van der Waals surface area (Å²) in [5.74, 6) is 1.16. The van der Waals surface area contributed by atoms with E-state index in [2.05, 4.69) is 6.92 Å². The molecule has 0 spiro atoms. The molecule has 1 aliphatic heterocycles. The number of carbonyl (C=O) groups is 1. The Morgan fingerprint density at radius 2 is 2.17 bits per heavy atom. The molecular formula is C18H23N3O3. The predicted octanol–water partition coefficient (Wildman–Crippen LogP) is 1.69. The topological polar surface area (TPSA) is 81.5 Å². The van der Waals surface area contributed by atoms with Gasteiger partial charge in [0.1, 0.15) is 5.76 Å². The predicted molar refractivity (Wildman–Crippen MR) is 90.8 cm³/mol. The van der Waals surface area contributed by atoms with Crippen LogP contribution >= 0.6 is 0 Å². The van der Waals surface area contributed by atoms with Crippen molar-refractivity contribution in [1.82, 2.24) is 9.47 Å². The number of nitrogens with two attached hydrogens (primary N) is 1. The molecule has 3 heterocycles. The Bertz CT molecular complexity index is 765. The summed E-state index contributed by atoms with van der Waals surface area (Å²) in [5, 5.41) is 0. The van der Waals surface area contributed by atoms with E-state index < -0.39 is 0 Å². The van der Waals surface area contributed by atoms with Gasteiger partial charge in [0, 0.05) is 31.4 Å². The Hall–Kier alpha value is -2.34. The zero-order valence-electron chi connectivity index (χ0n) is 13.9. The van der Waals surface area contributed by atoms with E-state index in [4.69, 9.17) is 10.2 Å². The van der Waals surface area contributed by atoms with Crippen molar-refractivity contribution >= 4 is 5.91 Å². The second-order valence-electron chi connectivity index (χ2n) is 6.35. The van der Waals surface area contributed by atoms with Crippen molar-refractivity contribution in [3.05, 3.63) is 58.4 Å². The fraction of sp³-hybridized carbons (Fsp3) is 0.444. The van der Waals surface area contributed by atoms with Crippen LogP contribution in [0.4, 0.5) is 0 Å². The van der Waals surface area contributed by atoms with Crippen LogP contribution in [0, 0.1) is 5.92 Å². The largest absolute Gasteiger partial charge is 0.454 e. The van der Waals surface area contributed by atoms with E-state index in [0.717, 1.165) is 12.8 Å². The third-order valence-corrected chi connectivity index (χ3v) is 4.72. The summed E-state index contributed by atoms with van der Waals surface area (Å²) in [6.45, 7) is 3.61. The van der Waals surface area contributed by atoms with E-state index in [1.165, 1.54) is 6.07 Å².